The number of ether oxygens (including phenoxy) is 1. The number of hydrogen-bond donors (Lipinski definition) is 1. The lowest BCUT2D eigenvalue weighted by Gasteiger charge is -2.29. The van der Waals surface area contributed by atoms with Crippen LogP contribution in [0.2, 0.25) is 0 Å². The van der Waals surface area contributed by atoms with E-state index in [0.717, 1.165) is 28.2 Å². The predicted molar refractivity (Wildman–Crippen MR) is 128 cm³/mol. The lowest BCUT2D eigenvalue weighted by Crippen LogP contribution is -2.48. The standard InChI is InChI=1S/C25H34N2O3S/c1-18(2)14-26-25(29)20(4)27(15-22-8-6-7-19(3)13-22)24(28)17-31-16-21-9-11-23(30-5)12-10-21/h6-13,18,20H,14-17H2,1-5H3,(H,26,29)/t20-/m0/s1. The van der Waals surface area contributed by atoms with Crippen molar-refractivity contribution in [1.82, 2.24) is 10.2 Å². The summed E-state index contributed by atoms with van der Waals surface area (Å²) in [6.45, 7) is 8.95. The molecule has 1 N–H and O–H groups in total. The highest BCUT2D eigenvalue weighted by Crippen LogP contribution is 2.18. The average molecular weight is 443 g/mol. The monoisotopic (exact) mass is 442 g/mol. The Bertz CT molecular complexity index is 852. The molecule has 0 bridgehead atoms. The maximum atomic E-state index is 13.1. The third kappa shape index (κ3) is 8.29. The van der Waals surface area contributed by atoms with Crippen LogP contribution < -0.4 is 10.1 Å². The minimum absolute atomic E-state index is 0.0350. The second kappa shape index (κ2) is 12.4. The number of methoxy groups -OCH3 is 1. The van der Waals surface area contributed by atoms with E-state index in [9.17, 15) is 9.59 Å². The molecule has 2 aromatic carbocycles. The molecular formula is C25H34N2O3S. The van der Waals surface area contributed by atoms with Crippen LogP contribution in [0.1, 0.15) is 37.5 Å². The van der Waals surface area contributed by atoms with Gasteiger partial charge in [-0.15, -0.1) is 11.8 Å². The van der Waals surface area contributed by atoms with Gasteiger partial charge in [-0.1, -0.05) is 55.8 Å². The van der Waals surface area contributed by atoms with Gasteiger partial charge in [0, 0.05) is 18.8 Å². The quantitative estimate of drug-likeness (QED) is 0.559. The molecule has 1 atom stereocenters. The number of hydrogen-bond acceptors (Lipinski definition) is 4. The number of amides is 2. The van der Waals surface area contributed by atoms with E-state index in [1.165, 1.54) is 0 Å². The Morgan fingerprint density at radius 1 is 1.06 bits per heavy atom. The fraction of sp³-hybridized carbons (Fsp3) is 0.440. The summed E-state index contributed by atoms with van der Waals surface area (Å²) in [7, 11) is 1.64. The van der Waals surface area contributed by atoms with E-state index >= 15 is 0 Å². The normalized spacial score (nSPS) is 11.8. The molecule has 0 heterocycles. The summed E-state index contributed by atoms with van der Waals surface area (Å²) < 4.78 is 5.19. The molecule has 6 heteroatoms. The number of thioether (sulfide) groups is 1. The lowest BCUT2D eigenvalue weighted by atomic mass is 10.1. The van der Waals surface area contributed by atoms with Gasteiger partial charge in [0.2, 0.25) is 11.8 Å². The van der Waals surface area contributed by atoms with Crippen molar-refractivity contribution in [3.8, 4) is 5.75 Å². The Morgan fingerprint density at radius 2 is 1.77 bits per heavy atom. The second-order valence-electron chi connectivity index (χ2n) is 8.17. The van der Waals surface area contributed by atoms with Crippen molar-refractivity contribution in [2.45, 2.75) is 46.0 Å². The van der Waals surface area contributed by atoms with E-state index in [0.29, 0.717) is 24.8 Å². The zero-order valence-electron chi connectivity index (χ0n) is 19.2. The molecule has 2 amide bonds. The van der Waals surface area contributed by atoms with E-state index in [1.807, 2.05) is 49.4 Å². The molecule has 2 aromatic rings. The molecule has 0 aliphatic heterocycles. The molecule has 0 fully saturated rings. The van der Waals surface area contributed by atoms with Crippen molar-refractivity contribution >= 4 is 23.6 Å². The Kier molecular flexibility index (Phi) is 9.92. The van der Waals surface area contributed by atoms with Gasteiger partial charge in [-0.25, -0.2) is 0 Å². The van der Waals surface area contributed by atoms with Crippen LogP contribution in [0.4, 0.5) is 0 Å². The van der Waals surface area contributed by atoms with Crippen molar-refractivity contribution < 1.29 is 14.3 Å². The molecular weight excluding hydrogens is 408 g/mol. The average Bonchev–Trinajstić information content (AvgIpc) is 2.75. The molecule has 0 aliphatic rings. The van der Waals surface area contributed by atoms with Crippen LogP contribution in [0.25, 0.3) is 0 Å². The Labute approximate surface area is 190 Å². The minimum atomic E-state index is -0.534. The first kappa shape index (κ1) is 24.8. The Morgan fingerprint density at radius 3 is 2.39 bits per heavy atom. The van der Waals surface area contributed by atoms with E-state index in [1.54, 1.807) is 30.7 Å². The zero-order chi connectivity index (χ0) is 22.8. The van der Waals surface area contributed by atoms with Gasteiger partial charge in [0.25, 0.3) is 0 Å². The van der Waals surface area contributed by atoms with Crippen LogP contribution in [0.15, 0.2) is 48.5 Å². The number of benzene rings is 2. The van der Waals surface area contributed by atoms with Crippen LogP contribution >= 0.6 is 11.8 Å². The number of nitrogens with one attached hydrogen (secondary N) is 1. The smallest absolute Gasteiger partial charge is 0.242 e. The lowest BCUT2D eigenvalue weighted by molar-refractivity contribution is -0.138. The van der Waals surface area contributed by atoms with Gasteiger partial charge in [-0.05, 0) is 43.0 Å². The zero-order valence-corrected chi connectivity index (χ0v) is 20.0. The van der Waals surface area contributed by atoms with Crippen molar-refractivity contribution in [1.29, 1.82) is 0 Å². The third-order valence-electron chi connectivity index (χ3n) is 4.94. The largest absolute Gasteiger partial charge is 0.497 e. The molecule has 5 nitrogen and oxygen atoms in total. The molecule has 0 unspecified atom stereocenters. The van der Waals surface area contributed by atoms with Crippen molar-refractivity contribution in [2.24, 2.45) is 5.92 Å². The van der Waals surface area contributed by atoms with E-state index in [4.69, 9.17) is 4.74 Å². The van der Waals surface area contributed by atoms with Crippen molar-refractivity contribution in [2.75, 3.05) is 19.4 Å². The van der Waals surface area contributed by atoms with E-state index in [2.05, 4.69) is 25.2 Å². The van der Waals surface area contributed by atoms with Crippen molar-refractivity contribution in [3.05, 3.63) is 65.2 Å². The predicted octanol–water partition coefficient (Wildman–Crippen LogP) is 4.43. The van der Waals surface area contributed by atoms with Gasteiger partial charge < -0.3 is 15.0 Å². The summed E-state index contributed by atoms with van der Waals surface area (Å²) in [6.07, 6.45) is 0. The van der Waals surface area contributed by atoms with Crippen molar-refractivity contribution in [3.63, 3.8) is 0 Å². The first-order valence-electron chi connectivity index (χ1n) is 10.6. The topological polar surface area (TPSA) is 58.6 Å². The molecule has 0 aromatic heterocycles. The van der Waals surface area contributed by atoms with Gasteiger partial charge in [0.1, 0.15) is 11.8 Å². The SMILES string of the molecule is COc1ccc(CSCC(=O)N(Cc2cccc(C)c2)[C@@H](C)C(=O)NCC(C)C)cc1. The molecule has 0 aliphatic carbocycles. The van der Waals surface area contributed by atoms with E-state index in [-0.39, 0.29) is 11.8 Å². The van der Waals surface area contributed by atoms with Gasteiger partial charge in [-0.2, -0.15) is 0 Å². The fourth-order valence-electron chi connectivity index (χ4n) is 3.10. The summed E-state index contributed by atoms with van der Waals surface area (Å²) in [5, 5.41) is 2.96. The second-order valence-corrected chi connectivity index (χ2v) is 9.15. The highest BCUT2D eigenvalue weighted by Gasteiger charge is 2.26. The summed E-state index contributed by atoms with van der Waals surface area (Å²) in [5.74, 6) is 2.07. The molecule has 0 spiro atoms. The van der Waals surface area contributed by atoms with Crippen LogP contribution in [-0.2, 0) is 21.9 Å². The third-order valence-corrected chi connectivity index (χ3v) is 5.93. The Hall–Kier alpha value is -2.47. The molecule has 168 valence electrons. The van der Waals surface area contributed by atoms with Crippen LogP contribution in [0, 0.1) is 12.8 Å². The number of nitrogens with zero attached hydrogens (tertiary/aromatic N) is 1. The number of carbonyl (C=O) groups excluding carboxylic acids is 2. The van der Waals surface area contributed by atoms with Crippen LogP contribution in [0.5, 0.6) is 5.75 Å². The first-order chi connectivity index (χ1) is 14.8. The number of rotatable bonds is 11. The summed E-state index contributed by atoms with van der Waals surface area (Å²) in [5.41, 5.74) is 3.29. The van der Waals surface area contributed by atoms with E-state index < -0.39 is 6.04 Å². The molecule has 2 rings (SSSR count). The van der Waals surface area contributed by atoms with Crippen LogP contribution in [0.3, 0.4) is 0 Å². The number of carbonyl (C=O) groups is 2. The minimum Gasteiger partial charge on any atom is -0.497 e. The maximum absolute atomic E-state index is 13.1. The van der Waals surface area contributed by atoms with Gasteiger partial charge >= 0.3 is 0 Å². The summed E-state index contributed by atoms with van der Waals surface area (Å²) in [4.78, 5) is 27.5. The molecule has 0 saturated heterocycles. The molecule has 0 saturated carbocycles. The molecule has 0 radical (unpaired) electrons. The fourth-order valence-corrected chi connectivity index (χ4v) is 3.97. The summed E-state index contributed by atoms with van der Waals surface area (Å²) in [6, 6.07) is 15.4. The highest BCUT2D eigenvalue weighted by molar-refractivity contribution is 7.99. The van der Waals surface area contributed by atoms with Gasteiger partial charge in [0.15, 0.2) is 0 Å². The Balaban J connectivity index is 2.04. The number of aryl methyl sites for hydroxylation is 1. The first-order valence-corrected chi connectivity index (χ1v) is 11.8. The van der Waals surface area contributed by atoms with Gasteiger partial charge in [-0.3, -0.25) is 9.59 Å². The molecule has 31 heavy (non-hydrogen) atoms. The maximum Gasteiger partial charge on any atom is 0.242 e. The van der Waals surface area contributed by atoms with Crippen LogP contribution in [-0.4, -0.2) is 42.2 Å². The highest BCUT2D eigenvalue weighted by atomic mass is 32.2. The summed E-state index contributed by atoms with van der Waals surface area (Å²) >= 11 is 1.55. The van der Waals surface area contributed by atoms with Gasteiger partial charge in [0.05, 0.1) is 12.9 Å².